The van der Waals surface area contributed by atoms with Gasteiger partial charge >= 0.3 is 0 Å². The Labute approximate surface area is 139 Å². The minimum absolute atomic E-state index is 0.144. The third-order valence-electron chi connectivity index (χ3n) is 5.05. The van der Waals surface area contributed by atoms with Crippen LogP contribution in [0.3, 0.4) is 0 Å². The summed E-state index contributed by atoms with van der Waals surface area (Å²) >= 11 is 0. The van der Waals surface area contributed by atoms with Gasteiger partial charge in [-0.25, -0.2) is 0 Å². The third kappa shape index (κ3) is 5.15. The molecular weight excluding hydrogens is 309 g/mol. The Balaban J connectivity index is 1.47. The fourth-order valence-corrected chi connectivity index (χ4v) is 6.00. The van der Waals surface area contributed by atoms with Crippen LogP contribution in [0.4, 0.5) is 0 Å². The first-order chi connectivity index (χ1) is 11.1. The first kappa shape index (κ1) is 17.2. The van der Waals surface area contributed by atoms with Gasteiger partial charge in [-0.1, -0.05) is 49.6 Å². The van der Waals surface area contributed by atoms with Crippen molar-refractivity contribution >= 4 is 7.37 Å². The summed E-state index contributed by atoms with van der Waals surface area (Å²) in [7, 11) is -3.09. The molecule has 2 aliphatic rings. The van der Waals surface area contributed by atoms with E-state index in [9.17, 15) is 9.46 Å². The molecular formula is C18H28NO3P. The second-order valence-corrected chi connectivity index (χ2v) is 9.47. The van der Waals surface area contributed by atoms with Gasteiger partial charge in [0.1, 0.15) is 0 Å². The second-order valence-electron chi connectivity index (χ2n) is 7.04. The Kier molecular flexibility index (Phi) is 5.92. The molecule has 4 nitrogen and oxygen atoms in total. The van der Waals surface area contributed by atoms with Crippen LogP contribution >= 0.6 is 7.37 Å². The molecule has 2 N–H and O–H groups in total. The van der Waals surface area contributed by atoms with Crippen molar-refractivity contribution in [2.75, 3.05) is 25.5 Å². The van der Waals surface area contributed by atoms with Crippen molar-refractivity contribution < 1.29 is 14.2 Å². The van der Waals surface area contributed by atoms with Crippen molar-refractivity contribution in [2.45, 2.75) is 44.2 Å². The Hall–Kier alpha value is -0.670. The van der Waals surface area contributed by atoms with E-state index < -0.39 is 7.37 Å². The van der Waals surface area contributed by atoms with Crippen LogP contribution in [0, 0.1) is 5.92 Å². The summed E-state index contributed by atoms with van der Waals surface area (Å²) in [4.78, 5) is 10.3. The molecule has 1 saturated carbocycles. The molecule has 1 aliphatic carbocycles. The van der Waals surface area contributed by atoms with Crippen LogP contribution < -0.4 is 5.32 Å². The Morgan fingerprint density at radius 1 is 1.13 bits per heavy atom. The lowest BCUT2D eigenvalue weighted by Gasteiger charge is -2.32. The van der Waals surface area contributed by atoms with Crippen LogP contribution in [0.15, 0.2) is 30.3 Å². The quantitative estimate of drug-likeness (QED) is 0.807. The van der Waals surface area contributed by atoms with Crippen molar-refractivity contribution in [3.8, 4) is 0 Å². The predicted octanol–water partition coefficient (Wildman–Crippen LogP) is 3.57. The molecule has 1 unspecified atom stereocenters. The van der Waals surface area contributed by atoms with Crippen LogP contribution in [-0.4, -0.2) is 36.5 Å². The molecule has 2 fully saturated rings. The minimum atomic E-state index is -3.09. The van der Waals surface area contributed by atoms with Gasteiger partial charge in [0.25, 0.3) is 0 Å². The minimum Gasteiger partial charge on any atom is -0.374 e. The van der Waals surface area contributed by atoms with E-state index in [4.69, 9.17) is 4.74 Å². The zero-order valence-electron chi connectivity index (χ0n) is 13.7. The smallest absolute Gasteiger partial charge is 0.203 e. The molecule has 0 radical (unpaired) electrons. The lowest BCUT2D eigenvalue weighted by Crippen LogP contribution is -2.43. The van der Waals surface area contributed by atoms with Gasteiger partial charge < -0.3 is 14.9 Å². The summed E-state index contributed by atoms with van der Waals surface area (Å²) in [6, 6.07) is 10.4. The highest BCUT2D eigenvalue weighted by Crippen LogP contribution is 2.46. The maximum absolute atomic E-state index is 12.5. The number of nitrogens with one attached hydrogen (secondary N) is 1. The fraction of sp³-hybridized carbons (Fsp3) is 0.667. The van der Waals surface area contributed by atoms with Gasteiger partial charge in [-0.15, -0.1) is 0 Å². The van der Waals surface area contributed by atoms with E-state index in [1.54, 1.807) is 0 Å². The summed E-state index contributed by atoms with van der Waals surface area (Å²) in [6.07, 6.45) is 6.56. The molecule has 23 heavy (non-hydrogen) atoms. The van der Waals surface area contributed by atoms with E-state index in [1.807, 2.05) is 18.2 Å². The maximum Gasteiger partial charge on any atom is 0.203 e. The van der Waals surface area contributed by atoms with E-state index in [2.05, 4.69) is 17.4 Å². The fourth-order valence-electron chi connectivity index (χ4n) is 3.81. The Morgan fingerprint density at radius 3 is 2.52 bits per heavy atom. The van der Waals surface area contributed by atoms with Crippen LogP contribution in [-0.2, 0) is 9.30 Å². The van der Waals surface area contributed by atoms with E-state index >= 15 is 0 Å². The monoisotopic (exact) mass is 337 g/mol. The second kappa shape index (κ2) is 7.94. The normalized spacial score (nSPS) is 29.1. The van der Waals surface area contributed by atoms with Crippen molar-refractivity contribution in [3.05, 3.63) is 35.9 Å². The summed E-state index contributed by atoms with van der Waals surface area (Å²) in [5.41, 5.74) is 1.21. The van der Waals surface area contributed by atoms with E-state index in [1.165, 1.54) is 24.8 Å². The molecule has 0 aromatic heterocycles. The molecule has 0 bridgehead atoms. The predicted molar refractivity (Wildman–Crippen MR) is 93.1 cm³/mol. The molecule has 1 aromatic rings. The van der Waals surface area contributed by atoms with E-state index in [0.717, 1.165) is 12.8 Å². The molecule has 3 atom stereocenters. The van der Waals surface area contributed by atoms with Gasteiger partial charge in [-0.3, -0.25) is 4.57 Å². The topological polar surface area (TPSA) is 58.6 Å². The lowest BCUT2D eigenvalue weighted by molar-refractivity contribution is 0.0156. The molecule has 1 aromatic carbocycles. The van der Waals surface area contributed by atoms with Gasteiger partial charge in [-0.05, 0) is 24.3 Å². The molecule has 3 rings (SSSR count). The van der Waals surface area contributed by atoms with Crippen LogP contribution in [0.5, 0.6) is 0 Å². The summed E-state index contributed by atoms with van der Waals surface area (Å²) in [6.45, 7) is 1.22. The summed E-state index contributed by atoms with van der Waals surface area (Å²) in [5, 5.41) is 3.45. The highest BCUT2D eigenvalue weighted by atomic mass is 31.2. The SMILES string of the molecule is O=P(O)(CC1CCCCC1)C[C@H]1CN[C@H](c2ccccc2)CO1. The molecule has 128 valence electrons. The largest absolute Gasteiger partial charge is 0.374 e. The van der Waals surface area contributed by atoms with Crippen molar-refractivity contribution in [1.82, 2.24) is 5.32 Å². The van der Waals surface area contributed by atoms with Crippen molar-refractivity contribution in [3.63, 3.8) is 0 Å². The number of benzene rings is 1. The van der Waals surface area contributed by atoms with Crippen molar-refractivity contribution in [2.24, 2.45) is 5.92 Å². The highest BCUT2D eigenvalue weighted by Gasteiger charge is 2.31. The molecule has 1 aliphatic heterocycles. The zero-order valence-corrected chi connectivity index (χ0v) is 14.6. The van der Waals surface area contributed by atoms with Crippen LogP contribution in [0.25, 0.3) is 0 Å². The van der Waals surface area contributed by atoms with E-state index in [-0.39, 0.29) is 18.3 Å². The number of morpholine rings is 1. The van der Waals surface area contributed by atoms with Gasteiger partial charge in [0.15, 0.2) is 0 Å². The molecule has 0 spiro atoms. The average molecular weight is 337 g/mol. The third-order valence-corrected chi connectivity index (χ3v) is 7.11. The molecule has 1 saturated heterocycles. The molecule has 5 heteroatoms. The standard InChI is InChI=1S/C18H28NO3P/c20-23(21,13-15-7-3-1-4-8-15)14-17-11-19-18(12-22-17)16-9-5-2-6-10-16/h2,5-6,9-10,15,17-19H,1,3-4,7-8,11-14H2,(H,20,21)/t17-,18+/m1/s1. The number of hydrogen-bond acceptors (Lipinski definition) is 3. The number of ether oxygens (including phenoxy) is 1. The summed E-state index contributed by atoms with van der Waals surface area (Å²) in [5.74, 6) is 0.438. The zero-order chi connectivity index (χ0) is 16.1. The lowest BCUT2D eigenvalue weighted by atomic mass is 9.91. The van der Waals surface area contributed by atoms with Gasteiger partial charge in [0.05, 0.1) is 24.9 Å². The van der Waals surface area contributed by atoms with Gasteiger partial charge in [0, 0.05) is 12.7 Å². The first-order valence-corrected chi connectivity index (χ1v) is 10.9. The van der Waals surface area contributed by atoms with Gasteiger partial charge in [-0.2, -0.15) is 0 Å². The van der Waals surface area contributed by atoms with Crippen molar-refractivity contribution in [1.29, 1.82) is 0 Å². The average Bonchev–Trinajstić information content (AvgIpc) is 2.56. The van der Waals surface area contributed by atoms with E-state index in [0.29, 0.717) is 25.2 Å². The number of hydrogen-bond donors (Lipinski definition) is 2. The Bertz CT molecular complexity index is 522. The Morgan fingerprint density at radius 2 is 1.87 bits per heavy atom. The number of rotatable bonds is 5. The highest BCUT2D eigenvalue weighted by molar-refractivity contribution is 7.58. The summed E-state index contributed by atoms with van der Waals surface area (Å²) < 4.78 is 18.4. The molecule has 1 heterocycles. The maximum atomic E-state index is 12.5. The van der Waals surface area contributed by atoms with Crippen LogP contribution in [0.2, 0.25) is 0 Å². The van der Waals surface area contributed by atoms with Gasteiger partial charge in [0.2, 0.25) is 7.37 Å². The van der Waals surface area contributed by atoms with Crippen LogP contribution in [0.1, 0.15) is 43.7 Å². The molecule has 0 amide bonds. The first-order valence-electron chi connectivity index (χ1n) is 8.83.